The summed E-state index contributed by atoms with van der Waals surface area (Å²) in [6, 6.07) is 71.7. The number of furan rings is 1. The Labute approximate surface area is 302 Å². The lowest BCUT2D eigenvalue weighted by Crippen LogP contribution is -2.10. The van der Waals surface area contributed by atoms with Crippen LogP contribution in [0.4, 0.5) is 17.1 Å². The lowest BCUT2D eigenvalue weighted by Gasteiger charge is -2.27. The number of benzene rings is 9. The van der Waals surface area contributed by atoms with Gasteiger partial charge in [-0.3, -0.25) is 0 Å². The van der Waals surface area contributed by atoms with Crippen molar-refractivity contribution in [2.24, 2.45) is 0 Å². The van der Waals surface area contributed by atoms with E-state index in [0.717, 1.165) is 44.7 Å². The molecule has 10 aromatic rings. The fourth-order valence-electron chi connectivity index (χ4n) is 7.78. The van der Waals surface area contributed by atoms with Gasteiger partial charge in [0.2, 0.25) is 0 Å². The first-order valence-corrected chi connectivity index (χ1v) is 17.8. The highest BCUT2D eigenvalue weighted by atomic mass is 16.3. The van der Waals surface area contributed by atoms with Gasteiger partial charge in [0.05, 0.1) is 0 Å². The summed E-state index contributed by atoms with van der Waals surface area (Å²) in [4.78, 5) is 2.35. The molecule has 2 heteroatoms. The summed E-state index contributed by atoms with van der Waals surface area (Å²) >= 11 is 0. The average Bonchev–Trinajstić information content (AvgIpc) is 3.60. The van der Waals surface area contributed by atoms with Crippen LogP contribution < -0.4 is 4.90 Å². The van der Waals surface area contributed by atoms with E-state index >= 15 is 0 Å². The van der Waals surface area contributed by atoms with Crippen molar-refractivity contribution in [3.63, 3.8) is 0 Å². The summed E-state index contributed by atoms with van der Waals surface area (Å²) in [5, 5.41) is 7.23. The first-order chi connectivity index (χ1) is 25.8. The average molecular weight is 664 g/mol. The maximum absolute atomic E-state index is 6.41. The Bertz CT molecular complexity index is 2880. The molecule has 0 radical (unpaired) electrons. The minimum absolute atomic E-state index is 0.901. The zero-order valence-electron chi connectivity index (χ0n) is 28.4. The van der Waals surface area contributed by atoms with Gasteiger partial charge in [-0.1, -0.05) is 146 Å². The summed E-state index contributed by atoms with van der Waals surface area (Å²) in [5.41, 5.74) is 12.2. The van der Waals surface area contributed by atoms with Crippen molar-refractivity contribution in [3.05, 3.63) is 200 Å². The van der Waals surface area contributed by atoms with Crippen LogP contribution in [0.5, 0.6) is 0 Å². The lowest BCUT2D eigenvalue weighted by atomic mass is 9.90. The van der Waals surface area contributed by atoms with Crippen molar-refractivity contribution >= 4 is 60.5 Å². The molecule has 0 aliphatic carbocycles. The Morgan fingerprint density at radius 1 is 0.308 bits per heavy atom. The molecular weight excluding hydrogens is 631 g/mol. The van der Waals surface area contributed by atoms with E-state index in [4.69, 9.17) is 4.42 Å². The molecule has 0 unspecified atom stereocenters. The molecule has 0 N–H and O–H groups in total. The molecule has 0 saturated heterocycles. The number of hydrogen-bond donors (Lipinski definition) is 0. The number of fused-ring (bicyclic) bond motifs is 6. The number of nitrogens with zero attached hydrogens (tertiary/aromatic N) is 1. The lowest BCUT2D eigenvalue weighted by molar-refractivity contribution is 0.669. The maximum atomic E-state index is 6.41. The van der Waals surface area contributed by atoms with E-state index in [1.54, 1.807) is 0 Å². The van der Waals surface area contributed by atoms with Gasteiger partial charge >= 0.3 is 0 Å². The van der Waals surface area contributed by atoms with Crippen molar-refractivity contribution in [1.82, 2.24) is 0 Å². The summed E-state index contributed by atoms with van der Waals surface area (Å²) in [6.07, 6.45) is 0. The number of para-hydroxylation sites is 1. The molecule has 0 aliphatic rings. The molecule has 0 spiro atoms. The van der Waals surface area contributed by atoms with Gasteiger partial charge in [0, 0.05) is 27.8 Å². The summed E-state index contributed by atoms with van der Waals surface area (Å²) in [7, 11) is 0. The minimum atomic E-state index is 0.901. The van der Waals surface area contributed by atoms with E-state index in [9.17, 15) is 0 Å². The van der Waals surface area contributed by atoms with Crippen molar-refractivity contribution in [3.8, 4) is 33.4 Å². The third kappa shape index (κ3) is 5.12. The van der Waals surface area contributed by atoms with Gasteiger partial charge in [-0.25, -0.2) is 0 Å². The second kappa shape index (κ2) is 12.5. The van der Waals surface area contributed by atoms with E-state index in [0.29, 0.717) is 0 Å². The first kappa shape index (κ1) is 30.0. The predicted octanol–water partition coefficient (Wildman–Crippen LogP) is 14.4. The van der Waals surface area contributed by atoms with Gasteiger partial charge < -0.3 is 9.32 Å². The summed E-state index contributed by atoms with van der Waals surface area (Å²) in [6.45, 7) is 0. The van der Waals surface area contributed by atoms with Gasteiger partial charge in [-0.15, -0.1) is 0 Å². The summed E-state index contributed by atoms with van der Waals surface area (Å²) < 4.78 is 6.41. The first-order valence-electron chi connectivity index (χ1n) is 17.8. The highest BCUT2D eigenvalue weighted by Crippen LogP contribution is 2.43. The van der Waals surface area contributed by atoms with Crippen LogP contribution in [0.25, 0.3) is 76.9 Å². The van der Waals surface area contributed by atoms with Gasteiger partial charge in [-0.05, 0) is 110 Å². The molecule has 0 atom stereocenters. The van der Waals surface area contributed by atoms with Crippen LogP contribution in [0.3, 0.4) is 0 Å². The molecule has 244 valence electrons. The normalized spacial score (nSPS) is 11.5. The van der Waals surface area contributed by atoms with Crippen molar-refractivity contribution < 1.29 is 4.42 Å². The molecule has 1 aromatic heterocycles. The van der Waals surface area contributed by atoms with E-state index < -0.39 is 0 Å². The van der Waals surface area contributed by atoms with Crippen LogP contribution in [0, 0.1) is 0 Å². The number of rotatable bonds is 6. The third-order valence-electron chi connectivity index (χ3n) is 10.3. The highest BCUT2D eigenvalue weighted by molar-refractivity contribution is 6.19. The Morgan fingerprint density at radius 2 is 0.942 bits per heavy atom. The van der Waals surface area contributed by atoms with Gasteiger partial charge in [0.1, 0.15) is 11.2 Å². The smallest absolute Gasteiger partial charge is 0.136 e. The fourth-order valence-corrected chi connectivity index (χ4v) is 7.78. The minimum Gasteiger partial charge on any atom is -0.456 e. The van der Waals surface area contributed by atoms with Crippen LogP contribution in [0.1, 0.15) is 0 Å². The van der Waals surface area contributed by atoms with Crippen molar-refractivity contribution in [2.75, 3.05) is 4.90 Å². The van der Waals surface area contributed by atoms with Crippen LogP contribution in [0.2, 0.25) is 0 Å². The molecule has 0 fully saturated rings. The van der Waals surface area contributed by atoms with Gasteiger partial charge in [0.25, 0.3) is 0 Å². The molecule has 0 amide bonds. The Morgan fingerprint density at radius 3 is 1.75 bits per heavy atom. The molecule has 0 saturated carbocycles. The molecular formula is C50H33NO. The molecule has 10 rings (SSSR count). The molecule has 1 heterocycles. The monoisotopic (exact) mass is 663 g/mol. The second-order valence-corrected chi connectivity index (χ2v) is 13.3. The Hall–Kier alpha value is -6.90. The molecule has 0 aliphatic heterocycles. The van der Waals surface area contributed by atoms with Crippen LogP contribution in [-0.4, -0.2) is 0 Å². The third-order valence-corrected chi connectivity index (χ3v) is 10.3. The molecule has 9 aromatic carbocycles. The van der Waals surface area contributed by atoms with Crippen LogP contribution in [-0.2, 0) is 0 Å². The summed E-state index contributed by atoms with van der Waals surface area (Å²) in [5.74, 6) is 0. The van der Waals surface area contributed by atoms with E-state index in [2.05, 4.69) is 205 Å². The van der Waals surface area contributed by atoms with Crippen LogP contribution in [0.15, 0.2) is 205 Å². The Balaban J connectivity index is 1.09. The van der Waals surface area contributed by atoms with Crippen molar-refractivity contribution in [1.29, 1.82) is 0 Å². The van der Waals surface area contributed by atoms with Gasteiger partial charge in [0.15, 0.2) is 0 Å². The quantitative estimate of drug-likeness (QED) is 0.176. The molecule has 0 bridgehead atoms. The van der Waals surface area contributed by atoms with E-state index in [-0.39, 0.29) is 0 Å². The van der Waals surface area contributed by atoms with Gasteiger partial charge in [-0.2, -0.15) is 0 Å². The molecule has 52 heavy (non-hydrogen) atoms. The Kier molecular flexibility index (Phi) is 7.18. The highest BCUT2D eigenvalue weighted by Gasteiger charge is 2.18. The zero-order valence-corrected chi connectivity index (χ0v) is 28.4. The topological polar surface area (TPSA) is 16.4 Å². The fraction of sp³-hybridized carbons (Fsp3) is 0. The van der Waals surface area contributed by atoms with Crippen molar-refractivity contribution in [2.45, 2.75) is 0 Å². The second-order valence-electron chi connectivity index (χ2n) is 13.3. The SMILES string of the molecule is c1ccc(-c2ccc(N(c3ccccc3)c3ccc(-c4ccc5c(c4)oc4ccc6ccccc6c45)cc3)cc2-c2cccc3ccccc23)cc1. The van der Waals surface area contributed by atoms with Crippen LogP contribution >= 0.6 is 0 Å². The largest absolute Gasteiger partial charge is 0.456 e. The standard InChI is InChI=1S/C50H33NO/c1-3-12-35(13-4-1)43-30-28-41(33-47(43)45-21-11-16-36-14-7-9-19-42(36)45)51(39-17-5-2-6-18-39)40-26-22-34(23-27-40)38-24-29-46-49(32-38)52-48-31-25-37-15-8-10-20-44(37)50(46)48/h1-33H. The van der Waals surface area contributed by atoms with E-state index in [1.807, 2.05) is 0 Å². The number of anilines is 3. The van der Waals surface area contributed by atoms with E-state index in [1.165, 1.54) is 49.2 Å². The number of hydrogen-bond acceptors (Lipinski definition) is 2. The maximum Gasteiger partial charge on any atom is 0.136 e. The predicted molar refractivity (Wildman–Crippen MR) is 220 cm³/mol. The molecule has 2 nitrogen and oxygen atoms in total. The zero-order chi connectivity index (χ0) is 34.4.